The van der Waals surface area contributed by atoms with Gasteiger partial charge in [-0.2, -0.15) is 0 Å². The molecule has 5 rings (SSSR count). The summed E-state index contributed by atoms with van der Waals surface area (Å²) in [5, 5.41) is 13.8. The van der Waals surface area contributed by atoms with Gasteiger partial charge in [0, 0.05) is 37.6 Å². The van der Waals surface area contributed by atoms with E-state index in [9.17, 15) is 19.2 Å². The Balaban J connectivity index is 1.24. The van der Waals surface area contributed by atoms with E-state index in [2.05, 4.69) is 17.6 Å². The van der Waals surface area contributed by atoms with Gasteiger partial charge in [0.25, 0.3) is 0 Å². The van der Waals surface area contributed by atoms with Crippen LogP contribution >= 0.6 is 0 Å². The van der Waals surface area contributed by atoms with E-state index in [-0.39, 0.29) is 49.5 Å². The number of carbonyl (C=O) groups is 4. The van der Waals surface area contributed by atoms with Crippen molar-refractivity contribution in [1.29, 1.82) is 0 Å². The van der Waals surface area contributed by atoms with Gasteiger partial charge in [0.1, 0.15) is 6.04 Å². The molecule has 1 aliphatic carbocycles. The van der Waals surface area contributed by atoms with E-state index in [0.29, 0.717) is 18.8 Å². The predicted molar refractivity (Wildman–Crippen MR) is 130 cm³/mol. The quantitative estimate of drug-likeness (QED) is 0.213. The van der Waals surface area contributed by atoms with Crippen LogP contribution in [0.15, 0.2) is 0 Å². The van der Waals surface area contributed by atoms with Crippen molar-refractivity contribution < 1.29 is 48.3 Å². The number of ether oxygens (including phenoxy) is 3. The molecule has 0 unspecified atom stereocenters. The molecule has 1 saturated carbocycles. The zero-order valence-electron chi connectivity index (χ0n) is 22.5. The number of esters is 1. The number of aliphatic carboxylic acids is 1. The molecule has 0 aromatic rings. The predicted octanol–water partition coefficient (Wildman–Crippen LogP) is 2.00. The maximum absolute atomic E-state index is 12.6. The van der Waals surface area contributed by atoms with Crippen molar-refractivity contribution in [2.45, 2.75) is 109 Å². The number of carboxylic acid groups (broad SMARTS) is 1. The first-order chi connectivity index (χ1) is 17.9. The number of amides is 2. The van der Waals surface area contributed by atoms with E-state index < -0.39 is 47.9 Å². The summed E-state index contributed by atoms with van der Waals surface area (Å²) in [5.41, 5.74) is -0.738. The first-order valence-corrected chi connectivity index (χ1v) is 13.6. The Morgan fingerprint density at radius 2 is 1.79 bits per heavy atom. The molecule has 3 N–H and O–H groups in total. The lowest BCUT2D eigenvalue weighted by Crippen LogP contribution is -2.70. The summed E-state index contributed by atoms with van der Waals surface area (Å²) in [7, 11) is 0. The van der Waals surface area contributed by atoms with Crippen molar-refractivity contribution in [3.8, 4) is 0 Å². The third-order valence-corrected chi connectivity index (χ3v) is 8.55. The summed E-state index contributed by atoms with van der Waals surface area (Å²) >= 11 is 0. The number of hydrogen-bond donors (Lipinski definition) is 3. The summed E-state index contributed by atoms with van der Waals surface area (Å²) in [6, 6.07) is -0.971. The van der Waals surface area contributed by atoms with E-state index in [4.69, 9.17) is 29.1 Å². The summed E-state index contributed by atoms with van der Waals surface area (Å²) in [6.07, 6.45) is 2.22. The highest BCUT2D eigenvalue weighted by molar-refractivity contribution is 5.83. The lowest BCUT2D eigenvalue weighted by Gasteiger charge is -2.59. The molecular formula is C26H40N2O10. The number of fused-ring (bicyclic) bond motifs is 2. The summed E-state index contributed by atoms with van der Waals surface area (Å²) < 4.78 is 18.2. The second-order valence-corrected chi connectivity index (χ2v) is 11.3. The molecule has 5 aliphatic rings. The Morgan fingerprint density at radius 3 is 2.53 bits per heavy atom. The Bertz CT molecular complexity index is 930. The molecule has 2 amide bonds. The number of carbonyl (C=O) groups excluding carboxylic acids is 3. The van der Waals surface area contributed by atoms with Crippen molar-refractivity contribution in [2.75, 3.05) is 6.54 Å². The van der Waals surface area contributed by atoms with Gasteiger partial charge in [0.15, 0.2) is 11.9 Å². The summed E-state index contributed by atoms with van der Waals surface area (Å²) in [6.45, 7) is 7.66. The molecular weight excluding hydrogens is 500 g/mol. The number of hydrogen-bond acceptors (Lipinski definition) is 9. The maximum Gasteiger partial charge on any atom is 0.325 e. The first kappa shape index (κ1) is 28.7. The molecule has 12 nitrogen and oxygen atoms in total. The average molecular weight is 541 g/mol. The van der Waals surface area contributed by atoms with E-state index in [1.54, 1.807) is 0 Å². The highest BCUT2D eigenvalue weighted by Crippen LogP contribution is 2.60. The number of nitrogens with one attached hydrogen (secondary N) is 2. The van der Waals surface area contributed by atoms with E-state index in [1.807, 2.05) is 13.8 Å². The minimum Gasteiger partial charge on any atom is -0.480 e. The average Bonchev–Trinajstić information content (AvgIpc) is 3.09. The monoisotopic (exact) mass is 540 g/mol. The standard InChI is InChI=1S/C26H40N2O10/c1-14-7-8-18-15(2)23(35-24-26(18)17(14)11-12-25(4,36-24)37-38-26)34-21(31)10-9-19(29)27-13-5-6-20(30)28-16(3)22(32)33/h14-18,23-24H,5-13H2,1-4H3,(H,27,29)(H,28,30)(H,32,33)/t14-,15+,16+,17+,18+,23-,24+,25-,26-/m1/s1. The van der Waals surface area contributed by atoms with Crippen molar-refractivity contribution in [3.63, 3.8) is 0 Å². The lowest BCUT2D eigenvalue weighted by molar-refractivity contribution is -0.576. The lowest BCUT2D eigenvalue weighted by atomic mass is 9.58. The Kier molecular flexibility index (Phi) is 8.65. The van der Waals surface area contributed by atoms with Crippen LogP contribution in [0.5, 0.6) is 0 Å². The minimum absolute atomic E-state index is 0.0295. The molecule has 0 aromatic heterocycles. The normalized spacial score (nSPS) is 38.3. The Hall–Kier alpha value is -2.28. The molecule has 4 heterocycles. The van der Waals surface area contributed by atoms with Gasteiger partial charge >= 0.3 is 11.9 Å². The van der Waals surface area contributed by atoms with Gasteiger partial charge in [-0.3, -0.25) is 19.2 Å². The molecule has 2 bridgehead atoms. The second-order valence-electron chi connectivity index (χ2n) is 11.3. The first-order valence-electron chi connectivity index (χ1n) is 13.6. The van der Waals surface area contributed by atoms with Crippen LogP contribution in [-0.2, 0) is 43.2 Å². The molecule has 12 heteroatoms. The largest absolute Gasteiger partial charge is 0.480 e. The van der Waals surface area contributed by atoms with Gasteiger partial charge in [-0.1, -0.05) is 13.8 Å². The highest BCUT2D eigenvalue weighted by atomic mass is 17.3. The van der Waals surface area contributed by atoms with Crippen LogP contribution in [0.3, 0.4) is 0 Å². The third kappa shape index (κ3) is 5.83. The molecule has 5 fully saturated rings. The minimum atomic E-state index is -1.12. The fourth-order valence-corrected chi connectivity index (χ4v) is 6.35. The second kappa shape index (κ2) is 11.4. The van der Waals surface area contributed by atoms with E-state index in [0.717, 1.165) is 19.3 Å². The number of rotatable bonds is 10. The molecule has 0 radical (unpaired) electrons. The van der Waals surface area contributed by atoms with Crippen LogP contribution in [-0.4, -0.2) is 65.4 Å². The smallest absolute Gasteiger partial charge is 0.325 e. The summed E-state index contributed by atoms with van der Waals surface area (Å²) in [4.78, 5) is 59.1. The fraction of sp³-hybridized carbons (Fsp3) is 0.846. The van der Waals surface area contributed by atoms with E-state index >= 15 is 0 Å². The van der Waals surface area contributed by atoms with Gasteiger partial charge < -0.3 is 30.0 Å². The van der Waals surface area contributed by atoms with Crippen molar-refractivity contribution in [2.24, 2.45) is 23.7 Å². The van der Waals surface area contributed by atoms with Crippen molar-refractivity contribution in [3.05, 3.63) is 0 Å². The van der Waals surface area contributed by atoms with Crippen LogP contribution in [0.25, 0.3) is 0 Å². The zero-order chi connectivity index (χ0) is 27.7. The molecule has 38 heavy (non-hydrogen) atoms. The fourth-order valence-electron chi connectivity index (χ4n) is 6.35. The van der Waals surface area contributed by atoms with Gasteiger partial charge in [-0.15, -0.1) is 0 Å². The Morgan fingerprint density at radius 1 is 1.03 bits per heavy atom. The summed E-state index contributed by atoms with van der Waals surface area (Å²) in [5.74, 6) is -2.80. The van der Waals surface area contributed by atoms with Crippen molar-refractivity contribution >= 4 is 23.8 Å². The molecule has 0 aromatic carbocycles. The van der Waals surface area contributed by atoms with Gasteiger partial charge in [-0.25, -0.2) is 9.78 Å². The van der Waals surface area contributed by atoms with Crippen LogP contribution in [0.1, 0.15) is 79.1 Å². The zero-order valence-corrected chi connectivity index (χ0v) is 22.5. The van der Waals surface area contributed by atoms with Gasteiger partial charge in [0.05, 0.1) is 6.42 Å². The van der Waals surface area contributed by atoms with Gasteiger partial charge in [-0.05, 0) is 51.4 Å². The third-order valence-electron chi connectivity index (χ3n) is 8.55. The molecule has 214 valence electrons. The van der Waals surface area contributed by atoms with Crippen LogP contribution < -0.4 is 10.6 Å². The SMILES string of the molecule is C[C@@H]1[C@H](OC(=O)CCC(=O)NCCCC(=O)N[C@@H](C)C(=O)O)O[C@H]2O[C@@]3(C)CC[C@H]4[C@H](C)CC[C@@H]1[C@@]24OO3. The molecule has 4 saturated heterocycles. The topological polar surface area (TPSA) is 159 Å². The van der Waals surface area contributed by atoms with Crippen molar-refractivity contribution in [1.82, 2.24) is 10.6 Å². The van der Waals surface area contributed by atoms with Crippen LogP contribution in [0, 0.1) is 23.7 Å². The highest BCUT2D eigenvalue weighted by Gasteiger charge is 2.69. The maximum atomic E-state index is 12.6. The van der Waals surface area contributed by atoms with Gasteiger partial charge in [0.2, 0.25) is 23.9 Å². The number of carboxylic acids is 1. The Labute approximate surface area is 222 Å². The molecule has 1 spiro atoms. The molecule has 4 aliphatic heterocycles. The van der Waals surface area contributed by atoms with Crippen LogP contribution in [0.4, 0.5) is 0 Å². The van der Waals surface area contributed by atoms with E-state index in [1.165, 1.54) is 6.92 Å². The molecule has 9 atom stereocenters. The van der Waals surface area contributed by atoms with Crippen LogP contribution in [0.2, 0.25) is 0 Å².